The molecule has 1 fully saturated rings. The molecule has 6 nitrogen and oxygen atoms in total. The van der Waals surface area contributed by atoms with E-state index in [9.17, 15) is 4.79 Å². The second kappa shape index (κ2) is 5.94. The number of rotatable bonds is 3. The van der Waals surface area contributed by atoms with Gasteiger partial charge >= 0.3 is 0 Å². The molecule has 1 unspecified atom stereocenters. The number of pyridine rings is 1. The van der Waals surface area contributed by atoms with Gasteiger partial charge in [-0.2, -0.15) is 0 Å². The molecule has 104 valence electrons. The van der Waals surface area contributed by atoms with E-state index in [1.165, 1.54) is 17.5 Å². The largest absolute Gasteiger partial charge is 0.371 e. The highest BCUT2D eigenvalue weighted by Crippen LogP contribution is 2.31. The van der Waals surface area contributed by atoms with Gasteiger partial charge in [0.25, 0.3) is 5.91 Å². The predicted octanol–water partition coefficient (Wildman–Crippen LogP) is 2.80. The minimum Gasteiger partial charge on any atom is -0.371 e. The first kappa shape index (κ1) is 13.6. The van der Waals surface area contributed by atoms with E-state index in [1.807, 2.05) is 0 Å². The lowest BCUT2D eigenvalue weighted by Gasteiger charge is -2.02. The molecule has 8 heteroatoms. The maximum absolute atomic E-state index is 12.0. The van der Waals surface area contributed by atoms with Crippen LogP contribution in [0.2, 0.25) is 0 Å². The highest BCUT2D eigenvalue weighted by atomic mass is 79.9. The van der Waals surface area contributed by atoms with Gasteiger partial charge in [-0.05, 0) is 34.8 Å². The van der Waals surface area contributed by atoms with Crippen molar-refractivity contribution in [2.75, 3.05) is 11.9 Å². The third kappa shape index (κ3) is 3.02. The van der Waals surface area contributed by atoms with E-state index in [-0.39, 0.29) is 12.0 Å². The minimum absolute atomic E-state index is 0.0192. The van der Waals surface area contributed by atoms with Crippen molar-refractivity contribution < 1.29 is 9.53 Å². The van der Waals surface area contributed by atoms with Gasteiger partial charge in [-0.3, -0.25) is 15.1 Å². The second-order valence-electron chi connectivity index (χ2n) is 4.29. The third-order valence-electron chi connectivity index (χ3n) is 2.83. The Bertz CT molecular complexity index is 627. The Morgan fingerprint density at radius 3 is 3.10 bits per heavy atom. The molecule has 20 heavy (non-hydrogen) atoms. The van der Waals surface area contributed by atoms with Crippen molar-refractivity contribution in [2.45, 2.75) is 18.9 Å². The molecule has 0 bridgehead atoms. The molecule has 0 aromatic carbocycles. The molecule has 0 spiro atoms. The zero-order valence-electron chi connectivity index (χ0n) is 10.4. The number of anilines is 1. The van der Waals surface area contributed by atoms with Crippen LogP contribution >= 0.6 is 27.3 Å². The quantitative estimate of drug-likeness (QED) is 0.916. The van der Waals surface area contributed by atoms with Gasteiger partial charge in [0.1, 0.15) is 11.1 Å². The average Bonchev–Trinajstić information content (AvgIpc) is 3.08. The van der Waals surface area contributed by atoms with Crippen LogP contribution in [0.3, 0.4) is 0 Å². The Morgan fingerprint density at radius 2 is 2.35 bits per heavy atom. The Hall–Kier alpha value is -1.38. The highest BCUT2D eigenvalue weighted by molar-refractivity contribution is 9.10. The van der Waals surface area contributed by atoms with Crippen molar-refractivity contribution in [1.29, 1.82) is 0 Å². The van der Waals surface area contributed by atoms with E-state index < -0.39 is 0 Å². The molecule has 3 rings (SSSR count). The molecule has 1 N–H and O–H groups in total. The summed E-state index contributed by atoms with van der Waals surface area (Å²) in [5.41, 5.74) is 0.466. The van der Waals surface area contributed by atoms with Crippen molar-refractivity contribution >= 4 is 38.3 Å². The summed E-state index contributed by atoms with van der Waals surface area (Å²) in [6.45, 7) is 0.760. The van der Waals surface area contributed by atoms with E-state index in [0.29, 0.717) is 10.7 Å². The first-order chi connectivity index (χ1) is 9.72. The number of nitrogens with one attached hydrogen (secondary N) is 1. The zero-order chi connectivity index (χ0) is 13.9. The van der Waals surface area contributed by atoms with Crippen LogP contribution in [0.1, 0.15) is 34.3 Å². The van der Waals surface area contributed by atoms with E-state index in [0.717, 1.165) is 28.9 Å². The Kier molecular flexibility index (Phi) is 4.04. The van der Waals surface area contributed by atoms with Crippen LogP contribution in [-0.2, 0) is 4.74 Å². The van der Waals surface area contributed by atoms with Crippen LogP contribution in [0.5, 0.6) is 0 Å². The Balaban J connectivity index is 1.70. The average molecular weight is 355 g/mol. The summed E-state index contributed by atoms with van der Waals surface area (Å²) in [5, 5.41) is 12.0. The van der Waals surface area contributed by atoms with Gasteiger partial charge in [-0.15, -0.1) is 10.2 Å². The molecule has 0 saturated carbocycles. The fourth-order valence-corrected chi connectivity index (χ4v) is 3.08. The highest BCUT2D eigenvalue weighted by Gasteiger charge is 2.22. The van der Waals surface area contributed by atoms with Gasteiger partial charge in [-0.1, -0.05) is 11.3 Å². The molecular weight excluding hydrogens is 344 g/mol. The molecule has 1 atom stereocenters. The number of carbonyl (C=O) groups excluding carboxylic acids is 1. The SMILES string of the molecule is O=C(Nc1nnc(C2CCCO2)s1)c1cncc(Br)c1. The molecule has 2 aromatic rings. The van der Waals surface area contributed by atoms with Crippen LogP contribution in [0.25, 0.3) is 0 Å². The molecule has 2 aromatic heterocycles. The number of ether oxygens (including phenoxy) is 1. The van der Waals surface area contributed by atoms with Crippen LogP contribution < -0.4 is 5.32 Å². The maximum atomic E-state index is 12.0. The van der Waals surface area contributed by atoms with E-state index >= 15 is 0 Å². The van der Waals surface area contributed by atoms with Crippen molar-refractivity contribution in [1.82, 2.24) is 15.2 Å². The molecular formula is C12H11BrN4O2S. The van der Waals surface area contributed by atoms with Gasteiger partial charge < -0.3 is 4.74 Å². The monoisotopic (exact) mass is 354 g/mol. The normalized spacial score (nSPS) is 18.1. The summed E-state index contributed by atoms with van der Waals surface area (Å²) in [6.07, 6.45) is 5.14. The Labute approximate surface area is 127 Å². The third-order valence-corrected chi connectivity index (χ3v) is 4.20. The van der Waals surface area contributed by atoms with Gasteiger partial charge in [0.2, 0.25) is 5.13 Å². The van der Waals surface area contributed by atoms with Gasteiger partial charge in [-0.25, -0.2) is 0 Å². The lowest BCUT2D eigenvalue weighted by molar-refractivity contribution is 0.102. The van der Waals surface area contributed by atoms with Crippen molar-refractivity contribution in [3.63, 3.8) is 0 Å². The minimum atomic E-state index is -0.256. The second-order valence-corrected chi connectivity index (χ2v) is 6.22. The summed E-state index contributed by atoms with van der Waals surface area (Å²) < 4.78 is 6.29. The lowest BCUT2D eigenvalue weighted by Crippen LogP contribution is -2.11. The number of nitrogens with zero attached hydrogens (tertiary/aromatic N) is 3. The van der Waals surface area contributed by atoms with E-state index in [2.05, 4.69) is 36.4 Å². The molecule has 1 saturated heterocycles. The van der Waals surface area contributed by atoms with Crippen LogP contribution in [-0.4, -0.2) is 27.7 Å². The zero-order valence-corrected chi connectivity index (χ0v) is 12.8. The summed E-state index contributed by atoms with van der Waals surface area (Å²) in [6, 6.07) is 1.70. The van der Waals surface area contributed by atoms with Crippen molar-refractivity contribution in [3.8, 4) is 0 Å². The van der Waals surface area contributed by atoms with Gasteiger partial charge in [0, 0.05) is 23.5 Å². The smallest absolute Gasteiger partial charge is 0.259 e. The molecule has 0 aliphatic carbocycles. The maximum Gasteiger partial charge on any atom is 0.259 e. The summed E-state index contributed by atoms with van der Waals surface area (Å²) in [5.74, 6) is -0.256. The standard InChI is InChI=1S/C12H11BrN4O2S/c13-8-4-7(5-14-6-8)10(18)15-12-17-16-11(20-12)9-2-1-3-19-9/h4-6,9H,1-3H2,(H,15,17,18). The lowest BCUT2D eigenvalue weighted by atomic mass is 10.2. The number of hydrogen-bond acceptors (Lipinski definition) is 6. The number of carbonyl (C=O) groups is 1. The van der Waals surface area contributed by atoms with Gasteiger partial charge in [0.05, 0.1) is 5.56 Å². The van der Waals surface area contributed by atoms with Crippen molar-refractivity contribution in [3.05, 3.63) is 33.5 Å². The Morgan fingerprint density at radius 1 is 1.45 bits per heavy atom. The molecule has 1 aliphatic heterocycles. The topological polar surface area (TPSA) is 77.0 Å². The number of amides is 1. The summed E-state index contributed by atoms with van der Waals surface area (Å²) in [4.78, 5) is 16.0. The molecule has 3 heterocycles. The van der Waals surface area contributed by atoms with Crippen molar-refractivity contribution in [2.24, 2.45) is 0 Å². The fourth-order valence-electron chi connectivity index (χ4n) is 1.89. The molecule has 1 amide bonds. The molecule has 1 aliphatic rings. The molecule has 0 radical (unpaired) electrons. The van der Waals surface area contributed by atoms with Crippen LogP contribution in [0.4, 0.5) is 5.13 Å². The fraction of sp³-hybridized carbons (Fsp3) is 0.333. The predicted molar refractivity (Wildman–Crippen MR) is 77.7 cm³/mol. The summed E-state index contributed by atoms with van der Waals surface area (Å²) >= 11 is 4.63. The number of aromatic nitrogens is 3. The first-order valence-corrected chi connectivity index (χ1v) is 7.70. The number of hydrogen-bond donors (Lipinski definition) is 1. The first-order valence-electron chi connectivity index (χ1n) is 6.09. The van der Waals surface area contributed by atoms with Crippen LogP contribution in [0, 0.1) is 0 Å². The van der Waals surface area contributed by atoms with Crippen LogP contribution in [0.15, 0.2) is 22.9 Å². The van der Waals surface area contributed by atoms with E-state index in [1.54, 1.807) is 12.3 Å². The number of halogens is 1. The van der Waals surface area contributed by atoms with E-state index in [4.69, 9.17) is 4.74 Å². The summed E-state index contributed by atoms with van der Waals surface area (Å²) in [7, 11) is 0. The van der Waals surface area contributed by atoms with Gasteiger partial charge in [0.15, 0.2) is 0 Å².